The topological polar surface area (TPSA) is 6.48 Å². The largest absolute Gasteiger partial charge is 0.367 e. The van der Waals surface area contributed by atoms with Crippen LogP contribution in [-0.4, -0.2) is 37.6 Å². The van der Waals surface area contributed by atoms with Crippen molar-refractivity contribution < 1.29 is 8.78 Å². The molecule has 0 aromatic heterocycles. The quantitative estimate of drug-likeness (QED) is 0.628. The Labute approximate surface area is 131 Å². The summed E-state index contributed by atoms with van der Waals surface area (Å²) in [5, 5.41) is 0. The van der Waals surface area contributed by atoms with Gasteiger partial charge in [0, 0.05) is 19.0 Å². The van der Waals surface area contributed by atoms with Crippen LogP contribution in [-0.2, 0) is 5.88 Å². The Kier molecular flexibility index (Phi) is 7.97. The van der Waals surface area contributed by atoms with Crippen LogP contribution in [0.3, 0.4) is 0 Å². The van der Waals surface area contributed by atoms with Crippen molar-refractivity contribution in [1.29, 1.82) is 0 Å². The molecule has 1 rings (SSSR count). The molecule has 1 aromatic rings. The van der Waals surface area contributed by atoms with E-state index in [2.05, 4.69) is 18.7 Å². The minimum atomic E-state index is -0.532. The second-order valence-corrected chi connectivity index (χ2v) is 5.27. The molecule has 0 fully saturated rings. The molecule has 0 bridgehead atoms. The molecule has 0 amide bonds. The third-order valence-corrected chi connectivity index (χ3v) is 4.03. The Morgan fingerprint density at radius 1 is 0.952 bits per heavy atom. The molecule has 0 aliphatic heterocycles. The zero-order chi connectivity index (χ0) is 15.8. The molecule has 0 unspecified atom stereocenters. The van der Waals surface area contributed by atoms with Gasteiger partial charge in [-0.05, 0) is 50.7 Å². The number of hydrogen-bond donors (Lipinski definition) is 0. The Balaban J connectivity index is 2.76. The second-order valence-electron chi connectivity index (χ2n) is 5.00. The van der Waals surface area contributed by atoms with Crippen LogP contribution in [0.4, 0.5) is 14.5 Å². The molecule has 2 nitrogen and oxygen atoms in total. The van der Waals surface area contributed by atoms with Gasteiger partial charge in [-0.2, -0.15) is 0 Å². The first-order valence-electron chi connectivity index (χ1n) is 7.58. The molecule has 0 N–H and O–H groups in total. The average Bonchev–Trinajstić information content (AvgIpc) is 2.48. The lowest BCUT2D eigenvalue weighted by atomic mass is 10.2. The van der Waals surface area contributed by atoms with Crippen molar-refractivity contribution in [3.8, 4) is 0 Å². The van der Waals surface area contributed by atoms with E-state index >= 15 is 0 Å². The summed E-state index contributed by atoms with van der Waals surface area (Å²) in [4.78, 5) is 4.06. The Morgan fingerprint density at radius 3 is 1.95 bits per heavy atom. The molecular weight excluding hydrogens is 294 g/mol. The molecule has 0 heterocycles. The third-order valence-electron chi connectivity index (χ3n) is 3.73. The third kappa shape index (κ3) is 5.11. The number of halogens is 3. The Morgan fingerprint density at radius 2 is 1.52 bits per heavy atom. The van der Waals surface area contributed by atoms with Gasteiger partial charge in [-0.3, -0.25) is 0 Å². The molecule has 0 saturated heterocycles. The molecule has 21 heavy (non-hydrogen) atoms. The van der Waals surface area contributed by atoms with Crippen molar-refractivity contribution in [2.24, 2.45) is 0 Å². The molecule has 0 atom stereocenters. The van der Waals surface area contributed by atoms with Gasteiger partial charge < -0.3 is 9.80 Å². The highest BCUT2D eigenvalue weighted by atomic mass is 35.5. The van der Waals surface area contributed by atoms with E-state index < -0.39 is 11.6 Å². The van der Waals surface area contributed by atoms with Crippen molar-refractivity contribution >= 4 is 17.3 Å². The zero-order valence-corrected chi connectivity index (χ0v) is 13.9. The predicted octanol–water partition coefficient (Wildman–Crippen LogP) is 4.26. The highest BCUT2D eigenvalue weighted by Gasteiger charge is 2.17. The number of alkyl halides is 1. The second kappa shape index (κ2) is 9.21. The van der Waals surface area contributed by atoms with Gasteiger partial charge in [0.15, 0.2) is 0 Å². The summed E-state index contributed by atoms with van der Waals surface area (Å²) in [5.74, 6) is -0.951. The van der Waals surface area contributed by atoms with Crippen molar-refractivity contribution in [3.05, 3.63) is 29.3 Å². The lowest BCUT2D eigenvalue weighted by Gasteiger charge is -2.26. The van der Waals surface area contributed by atoms with Crippen molar-refractivity contribution in [1.82, 2.24) is 4.90 Å². The van der Waals surface area contributed by atoms with Gasteiger partial charge in [0.2, 0.25) is 0 Å². The maximum Gasteiger partial charge on any atom is 0.149 e. The van der Waals surface area contributed by atoms with Gasteiger partial charge in [0.25, 0.3) is 0 Å². The molecule has 120 valence electrons. The van der Waals surface area contributed by atoms with E-state index in [9.17, 15) is 8.78 Å². The first-order valence-corrected chi connectivity index (χ1v) is 8.11. The van der Waals surface area contributed by atoms with Gasteiger partial charge in [0.05, 0.1) is 0 Å². The van der Waals surface area contributed by atoms with E-state index in [0.717, 1.165) is 26.1 Å². The van der Waals surface area contributed by atoms with Crippen LogP contribution in [0.25, 0.3) is 0 Å². The van der Waals surface area contributed by atoms with Gasteiger partial charge in [-0.25, -0.2) is 8.78 Å². The Hall–Kier alpha value is -0.870. The van der Waals surface area contributed by atoms with E-state index in [-0.39, 0.29) is 11.6 Å². The van der Waals surface area contributed by atoms with Crippen LogP contribution in [0.1, 0.15) is 32.8 Å². The Bertz CT molecular complexity index is 413. The van der Waals surface area contributed by atoms with E-state index in [1.54, 1.807) is 4.90 Å². The average molecular weight is 319 g/mol. The first-order chi connectivity index (χ1) is 10.1. The van der Waals surface area contributed by atoms with Gasteiger partial charge >= 0.3 is 0 Å². The normalized spacial score (nSPS) is 11.2. The van der Waals surface area contributed by atoms with Crippen LogP contribution in [0.2, 0.25) is 0 Å². The molecular formula is C16H25ClF2N2. The summed E-state index contributed by atoms with van der Waals surface area (Å²) >= 11 is 5.63. The standard InChI is InChI=1S/C16H25ClF2N2/c1-4-20(5-2)8-7-9-21(6-3)16-14(18)10-13(12-17)11-15(16)19/h10-11H,4-9,12H2,1-3H3. The maximum atomic E-state index is 14.1. The highest BCUT2D eigenvalue weighted by molar-refractivity contribution is 6.17. The minimum Gasteiger partial charge on any atom is -0.367 e. The monoisotopic (exact) mass is 318 g/mol. The summed E-state index contributed by atoms with van der Waals surface area (Å²) in [6.07, 6.45) is 0.881. The van der Waals surface area contributed by atoms with Crippen LogP contribution in [0, 0.1) is 11.6 Å². The fraction of sp³-hybridized carbons (Fsp3) is 0.625. The highest BCUT2D eigenvalue weighted by Crippen LogP contribution is 2.25. The molecule has 0 saturated carbocycles. The summed E-state index contributed by atoms with van der Waals surface area (Å²) < 4.78 is 28.2. The number of benzene rings is 1. The number of rotatable bonds is 9. The van der Waals surface area contributed by atoms with Crippen LogP contribution in [0.15, 0.2) is 12.1 Å². The van der Waals surface area contributed by atoms with Crippen LogP contribution in [0.5, 0.6) is 0 Å². The van der Waals surface area contributed by atoms with Gasteiger partial charge in [-0.1, -0.05) is 13.8 Å². The van der Waals surface area contributed by atoms with E-state index in [1.807, 2.05) is 6.92 Å². The van der Waals surface area contributed by atoms with Crippen molar-refractivity contribution in [3.63, 3.8) is 0 Å². The van der Waals surface area contributed by atoms with Crippen LogP contribution < -0.4 is 4.90 Å². The number of nitrogens with zero attached hydrogens (tertiary/aromatic N) is 2. The number of hydrogen-bond acceptors (Lipinski definition) is 2. The maximum absolute atomic E-state index is 14.1. The molecule has 5 heteroatoms. The van der Waals surface area contributed by atoms with Crippen LogP contribution >= 0.6 is 11.6 Å². The summed E-state index contributed by atoms with van der Waals surface area (Å²) in [6, 6.07) is 2.64. The van der Waals surface area contributed by atoms with E-state index in [0.29, 0.717) is 18.7 Å². The molecule has 0 aliphatic rings. The first kappa shape index (κ1) is 18.2. The van der Waals surface area contributed by atoms with Gasteiger partial charge in [0.1, 0.15) is 17.3 Å². The molecule has 0 aliphatic carbocycles. The smallest absolute Gasteiger partial charge is 0.149 e. The summed E-state index contributed by atoms with van der Waals surface area (Å²) in [6.45, 7) is 10.3. The number of anilines is 1. The van der Waals surface area contributed by atoms with Crippen molar-refractivity contribution in [2.45, 2.75) is 33.1 Å². The summed E-state index contributed by atoms with van der Waals surface area (Å²) in [7, 11) is 0. The molecule has 0 radical (unpaired) electrons. The van der Waals surface area contributed by atoms with Gasteiger partial charge in [-0.15, -0.1) is 11.6 Å². The minimum absolute atomic E-state index is 0.0610. The lowest BCUT2D eigenvalue weighted by Crippen LogP contribution is -2.31. The fourth-order valence-electron chi connectivity index (χ4n) is 2.45. The fourth-order valence-corrected chi connectivity index (χ4v) is 2.60. The zero-order valence-electron chi connectivity index (χ0n) is 13.1. The SMILES string of the molecule is CCN(CC)CCCN(CC)c1c(F)cc(CCl)cc1F. The van der Waals surface area contributed by atoms with Crippen molar-refractivity contribution in [2.75, 3.05) is 37.6 Å². The van der Waals surface area contributed by atoms with E-state index in [1.165, 1.54) is 12.1 Å². The van der Waals surface area contributed by atoms with E-state index in [4.69, 9.17) is 11.6 Å². The lowest BCUT2D eigenvalue weighted by molar-refractivity contribution is 0.300. The molecule has 0 spiro atoms. The summed E-state index contributed by atoms with van der Waals surface area (Å²) in [5.41, 5.74) is 0.528. The predicted molar refractivity (Wildman–Crippen MR) is 86.2 cm³/mol. The molecule has 1 aromatic carbocycles.